The highest BCUT2D eigenvalue weighted by molar-refractivity contribution is 5.88. The summed E-state index contributed by atoms with van der Waals surface area (Å²) in [4.78, 5) is 72.6. The molecule has 0 radical (unpaired) electrons. The maximum Gasteiger partial charge on any atom is 0.407 e. The summed E-state index contributed by atoms with van der Waals surface area (Å²) in [5.74, 6) is -0.0710. The van der Waals surface area contributed by atoms with Gasteiger partial charge in [-0.3, -0.25) is 9.59 Å². The van der Waals surface area contributed by atoms with Crippen LogP contribution in [0, 0.1) is 11.3 Å². The molecule has 6 heterocycles. The number of aromatic amines is 2. The van der Waals surface area contributed by atoms with Crippen molar-refractivity contribution in [1.82, 2.24) is 40.4 Å². The van der Waals surface area contributed by atoms with Crippen molar-refractivity contribution < 1.29 is 42.9 Å². The Balaban J connectivity index is 0.944. The molecule has 4 aromatic rings. The van der Waals surface area contributed by atoms with Crippen molar-refractivity contribution in [2.75, 3.05) is 53.7 Å². The molecule has 4 fully saturated rings. The highest BCUT2D eigenvalue weighted by Gasteiger charge is 2.53. The van der Waals surface area contributed by atoms with Gasteiger partial charge in [0.2, 0.25) is 11.8 Å². The minimum Gasteiger partial charge on any atom is -0.453 e. The Hall–Kier alpha value is -5.78. The summed E-state index contributed by atoms with van der Waals surface area (Å²) < 4.78 is 27.3. The number of H-pyrrole nitrogens is 2. The van der Waals surface area contributed by atoms with Gasteiger partial charge in [0.25, 0.3) is 0 Å². The smallest absolute Gasteiger partial charge is 0.407 e. The van der Waals surface area contributed by atoms with Crippen LogP contribution in [-0.2, 0) is 33.3 Å². The Morgan fingerprint density at radius 2 is 1.26 bits per heavy atom. The number of ether oxygens (including phenoxy) is 5. The highest BCUT2D eigenvalue weighted by atomic mass is 16.7. The molecule has 4 N–H and O–H groups in total. The number of carbonyl (C=O) groups excluding carboxylic acids is 4. The van der Waals surface area contributed by atoms with Crippen LogP contribution in [0.5, 0.6) is 0 Å². The maximum atomic E-state index is 14.2. The van der Waals surface area contributed by atoms with E-state index in [9.17, 15) is 19.2 Å². The quantitative estimate of drug-likeness (QED) is 0.152. The number of likely N-dealkylation sites (tertiary alicyclic amines) is 2. The SMILES string of the molecule is COC(=O)N[C@H](C(=O)N1CCC[C@H]1c1ncc(-c2ccc(-c3ccc(-c4cnc([C@@H]5CC6(CN5C(=O)[C@@H](NC(=O)OC)C(C)(C)C)OCCO6)[nH]4)cc3)cc2)[nH]1)C1CCOCC1. The molecule has 4 aliphatic heterocycles. The molecule has 2 aromatic carbocycles. The number of hydrogen-bond donors (Lipinski definition) is 4. The molecule has 17 nitrogen and oxygen atoms in total. The Bertz CT molecular complexity index is 2220. The number of carbonyl (C=O) groups is 4. The number of nitrogens with one attached hydrogen (secondary N) is 4. The molecule has 4 amide bonds. The van der Waals surface area contributed by atoms with Crippen molar-refractivity contribution in [2.24, 2.45) is 11.3 Å². The van der Waals surface area contributed by atoms with Gasteiger partial charge in [-0.15, -0.1) is 0 Å². The normalized spacial score (nSPS) is 21.2. The van der Waals surface area contributed by atoms with Gasteiger partial charge in [-0.05, 0) is 59.3 Å². The van der Waals surface area contributed by atoms with Gasteiger partial charge in [0, 0.05) is 26.2 Å². The summed E-state index contributed by atoms with van der Waals surface area (Å²) >= 11 is 0. The van der Waals surface area contributed by atoms with E-state index in [1.165, 1.54) is 14.2 Å². The van der Waals surface area contributed by atoms with Crippen LogP contribution in [0.4, 0.5) is 9.59 Å². The number of hydrogen-bond acceptors (Lipinski definition) is 11. The fraction of sp³-hybridized carbons (Fsp3) is 0.511. The lowest BCUT2D eigenvalue weighted by Crippen LogP contribution is -2.55. The number of methoxy groups -OCH3 is 2. The minimum atomic E-state index is -0.949. The van der Waals surface area contributed by atoms with Crippen molar-refractivity contribution in [1.29, 1.82) is 0 Å². The van der Waals surface area contributed by atoms with Crippen LogP contribution in [-0.4, -0.2) is 125 Å². The fourth-order valence-electron chi connectivity index (χ4n) is 9.11. The molecule has 4 aliphatic rings. The largest absolute Gasteiger partial charge is 0.453 e. The van der Waals surface area contributed by atoms with E-state index in [0.29, 0.717) is 63.9 Å². The van der Waals surface area contributed by atoms with Crippen molar-refractivity contribution in [3.63, 3.8) is 0 Å². The first-order valence-electron chi connectivity index (χ1n) is 21.3. The zero-order valence-electron chi connectivity index (χ0n) is 35.9. The monoisotopic (exact) mass is 852 g/mol. The van der Waals surface area contributed by atoms with Crippen LogP contribution in [0.15, 0.2) is 60.9 Å². The molecule has 0 aliphatic carbocycles. The summed E-state index contributed by atoms with van der Waals surface area (Å²) in [7, 11) is 2.58. The van der Waals surface area contributed by atoms with Crippen molar-refractivity contribution >= 4 is 24.0 Å². The van der Waals surface area contributed by atoms with E-state index in [-0.39, 0.29) is 30.3 Å². The van der Waals surface area contributed by atoms with Gasteiger partial charge < -0.3 is 54.1 Å². The van der Waals surface area contributed by atoms with Crippen molar-refractivity contribution in [3.05, 3.63) is 72.6 Å². The van der Waals surface area contributed by atoms with Crippen molar-refractivity contribution in [3.8, 4) is 33.6 Å². The summed E-state index contributed by atoms with van der Waals surface area (Å²) in [6, 6.07) is 14.1. The maximum absolute atomic E-state index is 14.2. The van der Waals surface area contributed by atoms with E-state index < -0.39 is 41.5 Å². The second kappa shape index (κ2) is 17.9. The van der Waals surface area contributed by atoms with E-state index in [2.05, 4.69) is 44.9 Å². The second-order valence-electron chi connectivity index (χ2n) is 17.5. The number of imidazole rings is 2. The molecule has 0 unspecified atom stereocenters. The third-order valence-corrected chi connectivity index (χ3v) is 12.5. The summed E-state index contributed by atoms with van der Waals surface area (Å²) in [6.45, 7) is 8.42. The summed E-state index contributed by atoms with van der Waals surface area (Å²) in [5.41, 5.74) is 4.98. The minimum absolute atomic E-state index is 0.0358. The van der Waals surface area contributed by atoms with E-state index >= 15 is 0 Å². The number of rotatable bonds is 10. The van der Waals surface area contributed by atoms with E-state index in [0.717, 1.165) is 46.5 Å². The third-order valence-electron chi connectivity index (χ3n) is 12.5. The van der Waals surface area contributed by atoms with Gasteiger partial charge in [-0.1, -0.05) is 69.3 Å². The molecule has 62 heavy (non-hydrogen) atoms. The van der Waals surface area contributed by atoms with Crippen LogP contribution in [0.1, 0.15) is 76.6 Å². The Labute approximate surface area is 360 Å². The van der Waals surface area contributed by atoms with Crippen LogP contribution in [0.2, 0.25) is 0 Å². The van der Waals surface area contributed by atoms with Crippen LogP contribution in [0.25, 0.3) is 33.6 Å². The zero-order valence-corrected chi connectivity index (χ0v) is 35.9. The van der Waals surface area contributed by atoms with Gasteiger partial charge in [0.15, 0.2) is 5.79 Å². The number of aromatic nitrogens is 4. The molecule has 4 atom stereocenters. The van der Waals surface area contributed by atoms with Crippen molar-refractivity contribution in [2.45, 2.75) is 82.8 Å². The Morgan fingerprint density at radius 3 is 1.81 bits per heavy atom. The average Bonchev–Trinajstić information content (AvgIpc) is 4.15. The number of nitrogens with zero attached hydrogens (tertiary/aromatic N) is 4. The van der Waals surface area contributed by atoms with E-state index in [4.69, 9.17) is 33.7 Å². The first-order chi connectivity index (χ1) is 29.9. The van der Waals surface area contributed by atoms with Crippen LogP contribution in [0.3, 0.4) is 0 Å². The Kier molecular flexibility index (Phi) is 12.4. The predicted molar refractivity (Wildman–Crippen MR) is 226 cm³/mol. The van der Waals surface area contributed by atoms with Crippen LogP contribution < -0.4 is 10.6 Å². The molecule has 8 rings (SSSR count). The summed E-state index contributed by atoms with van der Waals surface area (Å²) in [6.07, 6.45) is 5.63. The number of benzene rings is 2. The predicted octanol–water partition coefficient (Wildman–Crippen LogP) is 5.74. The Morgan fingerprint density at radius 1 is 0.726 bits per heavy atom. The zero-order chi connectivity index (χ0) is 43.6. The van der Waals surface area contributed by atoms with Gasteiger partial charge in [0.05, 0.1) is 69.8 Å². The fourth-order valence-corrected chi connectivity index (χ4v) is 9.11. The molecule has 17 heteroatoms. The molecular weight excluding hydrogens is 797 g/mol. The molecule has 4 saturated heterocycles. The lowest BCUT2D eigenvalue weighted by Gasteiger charge is -2.35. The van der Waals surface area contributed by atoms with Crippen LogP contribution >= 0.6 is 0 Å². The van der Waals surface area contributed by atoms with Gasteiger partial charge in [0.1, 0.15) is 23.7 Å². The third kappa shape index (κ3) is 8.92. The molecule has 2 aromatic heterocycles. The van der Waals surface area contributed by atoms with Gasteiger partial charge in [-0.25, -0.2) is 19.6 Å². The lowest BCUT2D eigenvalue weighted by molar-refractivity contribution is -0.154. The van der Waals surface area contributed by atoms with Gasteiger partial charge in [-0.2, -0.15) is 0 Å². The molecule has 330 valence electrons. The average molecular weight is 853 g/mol. The number of alkyl carbamates (subject to hydrolysis) is 2. The second-order valence-corrected chi connectivity index (χ2v) is 17.5. The standard InChI is InChI=1S/C45H56N8O9/c1-44(2,3)37(51-43(57)59-5)41(55)53-26-45(61-21-22-62-45)23-35(53)39-47-25-33(49-39)30-14-10-28(11-15-30)27-8-12-29(13-9-27)32-24-46-38(48-32)34-7-6-18-52(34)40(54)36(50-42(56)58-4)31-16-19-60-20-17-31/h8-15,24-25,31,34-37H,6-7,16-23,26H2,1-5H3,(H,46,48)(H,47,49)(H,50,56)(H,51,57)/t34-,35-,36-,37+/m0/s1. The summed E-state index contributed by atoms with van der Waals surface area (Å²) in [5, 5.41) is 5.54. The first kappa shape index (κ1) is 42.9. The topological polar surface area (TPSA) is 202 Å². The number of amides is 4. The van der Waals surface area contributed by atoms with E-state index in [1.807, 2.05) is 49.9 Å². The highest BCUT2D eigenvalue weighted by Crippen LogP contribution is 2.43. The molecule has 0 bridgehead atoms. The molecule has 0 saturated carbocycles. The van der Waals surface area contributed by atoms with Gasteiger partial charge >= 0.3 is 12.2 Å². The molecule has 1 spiro atoms. The first-order valence-corrected chi connectivity index (χ1v) is 21.3. The lowest BCUT2D eigenvalue weighted by atomic mass is 9.85. The van der Waals surface area contributed by atoms with E-state index in [1.54, 1.807) is 17.3 Å². The molecular formula is C45H56N8O9.